The molecule has 0 aromatic heterocycles. The Balaban J connectivity index is 0.00000242. The van der Waals surface area contributed by atoms with E-state index in [2.05, 4.69) is 50.9 Å². The average molecular weight is 303 g/mol. The zero-order chi connectivity index (χ0) is 15.4. The maximum atomic E-state index is 11.8. The molecule has 2 rings (SSSR count). The van der Waals surface area contributed by atoms with Crippen molar-refractivity contribution in [3.8, 4) is 5.75 Å². The summed E-state index contributed by atoms with van der Waals surface area (Å²) < 4.78 is 0. The molecule has 22 heavy (non-hydrogen) atoms. The van der Waals surface area contributed by atoms with Crippen molar-refractivity contribution < 1.29 is 34.7 Å². The van der Waals surface area contributed by atoms with Crippen LogP contribution in [-0.4, -0.2) is 6.21 Å². The zero-order valence-electron chi connectivity index (χ0n) is 14.1. The molecule has 0 saturated carbocycles. The van der Waals surface area contributed by atoms with Crippen LogP contribution in [0.5, 0.6) is 5.75 Å². The Morgan fingerprint density at radius 3 is 1.91 bits per heavy atom. The largest absolute Gasteiger partial charge is 1.00 e. The van der Waals surface area contributed by atoms with Gasteiger partial charge in [0, 0.05) is 6.21 Å². The number of benzene rings is 2. The molecule has 0 radical (unpaired) electrons. The van der Waals surface area contributed by atoms with Crippen molar-refractivity contribution in [3.05, 3.63) is 59.2 Å². The fourth-order valence-corrected chi connectivity index (χ4v) is 2.38. The van der Waals surface area contributed by atoms with Gasteiger partial charge in [-0.1, -0.05) is 70.2 Å². The van der Waals surface area contributed by atoms with E-state index in [1.54, 1.807) is 24.4 Å². The van der Waals surface area contributed by atoms with E-state index in [9.17, 15) is 5.11 Å². The summed E-state index contributed by atoms with van der Waals surface area (Å²) >= 11 is 0. The van der Waals surface area contributed by atoms with E-state index < -0.39 is 0 Å². The Morgan fingerprint density at radius 1 is 0.864 bits per heavy atom. The van der Waals surface area contributed by atoms with Crippen LogP contribution < -0.4 is 34.7 Å². The van der Waals surface area contributed by atoms with Gasteiger partial charge in [-0.3, -0.25) is 4.99 Å². The van der Waals surface area contributed by atoms with Crippen LogP contribution in [0.3, 0.4) is 0 Å². The summed E-state index contributed by atoms with van der Waals surface area (Å²) in [5, 5.41) is 11.8. The van der Waals surface area contributed by atoms with Crippen LogP contribution >= 0.6 is 0 Å². The molecule has 2 aromatic rings. The summed E-state index contributed by atoms with van der Waals surface area (Å²) in [7, 11) is 0. The number of hydrogen-bond acceptors (Lipinski definition) is 2. The average Bonchev–Trinajstić information content (AvgIpc) is 2.45. The van der Waals surface area contributed by atoms with E-state index in [1.807, 2.05) is 6.07 Å². The first-order chi connectivity index (χ1) is 10.0. The Morgan fingerprint density at radius 2 is 1.41 bits per heavy atom. The third kappa shape index (κ3) is 4.45. The molecule has 0 fully saturated rings. The van der Waals surface area contributed by atoms with Crippen molar-refractivity contribution in [3.63, 3.8) is 0 Å². The summed E-state index contributed by atoms with van der Waals surface area (Å²) in [5.41, 5.74) is 4.08. The second-order valence-corrected chi connectivity index (χ2v) is 5.89. The third-order valence-electron chi connectivity index (χ3n) is 3.59. The molecule has 0 atom stereocenters. The quantitative estimate of drug-likeness (QED) is 0.626. The molecule has 0 aliphatic heterocycles. The van der Waals surface area contributed by atoms with Crippen molar-refractivity contribution in [1.82, 2.24) is 0 Å². The standard InChI is InChI=1S/C19H23NO.Na/c1-13(2)16-9-7-10-17(14(3)4)19(16)20-12-15-8-5-6-11-18(15)21;/h5-14,21H,1-4H3;/q;+1/p-1. The number of aliphatic imine (C=N–C) groups is 1. The second-order valence-electron chi connectivity index (χ2n) is 5.89. The van der Waals surface area contributed by atoms with Gasteiger partial charge in [0.1, 0.15) is 0 Å². The van der Waals surface area contributed by atoms with Crippen LogP contribution in [-0.2, 0) is 0 Å². The summed E-state index contributed by atoms with van der Waals surface area (Å²) in [5.74, 6) is 0.811. The fourth-order valence-electron chi connectivity index (χ4n) is 2.38. The first kappa shape index (κ1) is 19.0. The molecule has 0 bridgehead atoms. The van der Waals surface area contributed by atoms with Crippen LogP contribution in [0, 0.1) is 0 Å². The van der Waals surface area contributed by atoms with Gasteiger partial charge in [0.15, 0.2) is 0 Å². The van der Waals surface area contributed by atoms with Crippen LogP contribution in [0.15, 0.2) is 47.5 Å². The Labute approximate surface area is 155 Å². The molecule has 2 nitrogen and oxygen atoms in total. The van der Waals surface area contributed by atoms with Gasteiger partial charge in [0.2, 0.25) is 0 Å². The summed E-state index contributed by atoms with van der Waals surface area (Å²) in [4.78, 5) is 4.65. The summed E-state index contributed by atoms with van der Waals surface area (Å²) in [6.45, 7) is 8.67. The molecule has 2 aromatic carbocycles. The molecular formula is C19H22NNaO. The van der Waals surface area contributed by atoms with E-state index >= 15 is 0 Å². The van der Waals surface area contributed by atoms with E-state index in [1.165, 1.54) is 11.1 Å². The Hall–Kier alpha value is -1.09. The molecule has 0 amide bonds. The van der Waals surface area contributed by atoms with Crippen LogP contribution in [0.25, 0.3) is 0 Å². The van der Waals surface area contributed by atoms with Gasteiger partial charge in [-0.25, -0.2) is 0 Å². The van der Waals surface area contributed by atoms with Crippen molar-refractivity contribution >= 4 is 11.9 Å². The van der Waals surface area contributed by atoms with Gasteiger partial charge in [0.25, 0.3) is 0 Å². The van der Waals surface area contributed by atoms with Crippen molar-refractivity contribution in [2.45, 2.75) is 39.5 Å². The maximum absolute atomic E-state index is 11.8. The van der Waals surface area contributed by atoms with Gasteiger partial charge in [-0.05, 0) is 28.5 Å². The Kier molecular flexibility index (Phi) is 7.34. The molecule has 0 aliphatic carbocycles. The first-order valence-corrected chi connectivity index (χ1v) is 7.43. The number of rotatable bonds is 4. The molecule has 3 heteroatoms. The van der Waals surface area contributed by atoms with Crippen LogP contribution in [0.1, 0.15) is 56.2 Å². The van der Waals surface area contributed by atoms with Gasteiger partial charge in [0.05, 0.1) is 5.69 Å². The molecule has 0 unspecified atom stereocenters. The van der Waals surface area contributed by atoms with Gasteiger partial charge in [-0.15, -0.1) is 5.75 Å². The summed E-state index contributed by atoms with van der Waals surface area (Å²) in [6, 6.07) is 13.3. The molecule has 0 aliphatic rings. The third-order valence-corrected chi connectivity index (χ3v) is 3.59. The molecule has 0 N–H and O–H groups in total. The predicted octanol–water partition coefficient (Wildman–Crippen LogP) is 1.76. The van der Waals surface area contributed by atoms with Gasteiger partial charge >= 0.3 is 29.6 Å². The number of nitrogens with zero attached hydrogens (tertiary/aromatic N) is 1. The first-order valence-electron chi connectivity index (χ1n) is 7.43. The molecular weight excluding hydrogens is 281 g/mol. The number of hydrogen-bond donors (Lipinski definition) is 0. The predicted molar refractivity (Wildman–Crippen MR) is 87.8 cm³/mol. The van der Waals surface area contributed by atoms with Crippen LogP contribution in [0.2, 0.25) is 0 Å². The van der Waals surface area contributed by atoms with Gasteiger partial charge in [-0.2, -0.15) is 0 Å². The molecule has 0 saturated heterocycles. The van der Waals surface area contributed by atoms with Crippen LogP contribution in [0.4, 0.5) is 5.69 Å². The Bertz CT molecular complexity index is 621. The minimum atomic E-state index is 0. The molecule has 110 valence electrons. The topological polar surface area (TPSA) is 35.4 Å². The maximum Gasteiger partial charge on any atom is 1.00 e. The van der Waals surface area contributed by atoms with Crippen molar-refractivity contribution in [2.24, 2.45) is 4.99 Å². The SMILES string of the molecule is CC(C)c1cccc(C(C)C)c1N=Cc1ccccc1[O-].[Na+]. The van der Waals surface area contributed by atoms with E-state index in [0.29, 0.717) is 17.4 Å². The van der Waals surface area contributed by atoms with Gasteiger partial charge < -0.3 is 5.11 Å². The smallest absolute Gasteiger partial charge is 0.872 e. The monoisotopic (exact) mass is 303 g/mol. The minimum absolute atomic E-state index is 0. The second kappa shape index (κ2) is 8.52. The zero-order valence-corrected chi connectivity index (χ0v) is 16.1. The summed E-state index contributed by atoms with van der Waals surface area (Å²) in [6.07, 6.45) is 1.69. The van der Waals surface area contributed by atoms with E-state index in [4.69, 9.17) is 0 Å². The minimum Gasteiger partial charge on any atom is -0.872 e. The molecule has 0 spiro atoms. The fraction of sp³-hybridized carbons (Fsp3) is 0.316. The van der Waals surface area contributed by atoms with Crippen molar-refractivity contribution in [1.29, 1.82) is 0 Å². The van der Waals surface area contributed by atoms with E-state index in [-0.39, 0.29) is 35.3 Å². The normalized spacial score (nSPS) is 11.2. The molecule has 0 heterocycles. The number of para-hydroxylation sites is 2. The van der Waals surface area contributed by atoms with Crippen molar-refractivity contribution in [2.75, 3.05) is 0 Å². The van der Waals surface area contributed by atoms with E-state index in [0.717, 1.165) is 5.69 Å².